The first kappa shape index (κ1) is 22.3. The number of rotatable bonds is 6. The third kappa shape index (κ3) is 5.48. The van der Waals surface area contributed by atoms with E-state index in [2.05, 4.69) is 21.2 Å². The Labute approximate surface area is 196 Å². The molecule has 0 saturated heterocycles. The third-order valence-corrected chi connectivity index (χ3v) is 7.21. The molecular weight excluding hydrogens is 478 g/mol. The van der Waals surface area contributed by atoms with E-state index in [0.29, 0.717) is 22.8 Å². The van der Waals surface area contributed by atoms with Crippen molar-refractivity contribution in [2.45, 2.75) is 57.2 Å². The molecule has 0 aliphatic heterocycles. The lowest BCUT2D eigenvalue weighted by Crippen LogP contribution is -2.44. The number of amides is 2. The van der Waals surface area contributed by atoms with E-state index in [9.17, 15) is 9.59 Å². The van der Waals surface area contributed by atoms with Crippen LogP contribution in [0.1, 0.15) is 54.4 Å². The zero-order valence-corrected chi connectivity index (χ0v) is 19.7. The Morgan fingerprint density at radius 1 is 1.06 bits per heavy atom. The van der Waals surface area contributed by atoms with Gasteiger partial charge in [-0.3, -0.25) is 9.59 Å². The zero-order chi connectivity index (χ0) is 22.0. The average molecular weight is 505 g/mol. The summed E-state index contributed by atoms with van der Waals surface area (Å²) in [7, 11) is 0. The van der Waals surface area contributed by atoms with Crippen molar-refractivity contribution in [3.8, 4) is 0 Å². The summed E-state index contributed by atoms with van der Waals surface area (Å²) in [6, 6.07) is 13.2. The molecule has 0 heterocycles. The van der Waals surface area contributed by atoms with Gasteiger partial charge in [0, 0.05) is 39.7 Å². The second-order valence-electron chi connectivity index (χ2n) is 8.55. The van der Waals surface area contributed by atoms with Gasteiger partial charge in [-0.15, -0.1) is 0 Å². The molecule has 2 fully saturated rings. The van der Waals surface area contributed by atoms with Crippen LogP contribution in [-0.2, 0) is 11.3 Å². The molecule has 31 heavy (non-hydrogen) atoms. The molecule has 4 rings (SSSR count). The summed E-state index contributed by atoms with van der Waals surface area (Å²) in [6.07, 6.45) is 5.67. The summed E-state index contributed by atoms with van der Waals surface area (Å²) in [5, 5.41) is 3.54. The maximum atomic E-state index is 13.1. The van der Waals surface area contributed by atoms with E-state index in [1.54, 1.807) is 18.2 Å². The highest BCUT2D eigenvalue weighted by atomic mass is 79.9. The summed E-state index contributed by atoms with van der Waals surface area (Å²) >= 11 is 9.92. The summed E-state index contributed by atoms with van der Waals surface area (Å²) in [5.41, 5.74) is 8.14. The Bertz CT molecular complexity index is 971. The largest absolute Gasteiger partial charge is 0.335 e. The van der Waals surface area contributed by atoms with Gasteiger partial charge in [-0.05, 0) is 90.4 Å². The number of anilines is 1. The van der Waals surface area contributed by atoms with Crippen molar-refractivity contribution in [1.29, 1.82) is 0 Å². The number of halogens is 2. The second-order valence-corrected chi connectivity index (χ2v) is 9.81. The number of nitrogens with zero attached hydrogens (tertiary/aromatic N) is 1. The van der Waals surface area contributed by atoms with Crippen LogP contribution in [0.4, 0.5) is 5.69 Å². The Balaban J connectivity index is 1.53. The highest BCUT2D eigenvalue weighted by Crippen LogP contribution is 2.35. The highest BCUT2D eigenvalue weighted by Gasteiger charge is 2.37. The van der Waals surface area contributed by atoms with Crippen molar-refractivity contribution in [2.75, 3.05) is 5.32 Å². The topological polar surface area (TPSA) is 75.4 Å². The molecule has 2 aromatic carbocycles. The van der Waals surface area contributed by atoms with Crippen molar-refractivity contribution in [2.24, 2.45) is 11.7 Å². The SMILES string of the molecule is NC1CCC(N(Cc2cc(NC(=O)c3ccccc3Br)ccc2Cl)C(=O)C2CC2)CC1. The minimum absolute atomic E-state index is 0.146. The average Bonchev–Trinajstić information content (AvgIpc) is 3.60. The Morgan fingerprint density at radius 3 is 2.45 bits per heavy atom. The van der Waals surface area contributed by atoms with Crippen LogP contribution in [-0.4, -0.2) is 28.8 Å². The predicted octanol–water partition coefficient (Wildman–Crippen LogP) is 5.36. The van der Waals surface area contributed by atoms with Gasteiger partial charge in [-0.2, -0.15) is 0 Å². The Hall–Kier alpha value is -1.89. The maximum absolute atomic E-state index is 13.1. The quantitative estimate of drug-likeness (QED) is 0.556. The fourth-order valence-corrected chi connectivity index (χ4v) is 4.81. The monoisotopic (exact) mass is 503 g/mol. The zero-order valence-electron chi connectivity index (χ0n) is 17.3. The number of hydrogen-bond acceptors (Lipinski definition) is 3. The molecule has 0 aromatic heterocycles. The summed E-state index contributed by atoms with van der Waals surface area (Å²) in [5.74, 6) is 0.166. The number of carbonyl (C=O) groups excluding carboxylic acids is 2. The van der Waals surface area contributed by atoms with Crippen LogP contribution in [0.3, 0.4) is 0 Å². The summed E-state index contributed by atoms with van der Waals surface area (Å²) < 4.78 is 0.735. The lowest BCUT2D eigenvalue weighted by atomic mass is 9.90. The summed E-state index contributed by atoms with van der Waals surface area (Å²) in [4.78, 5) is 27.8. The molecule has 2 aromatic rings. The van der Waals surface area contributed by atoms with Crippen molar-refractivity contribution < 1.29 is 9.59 Å². The van der Waals surface area contributed by atoms with E-state index in [1.807, 2.05) is 29.2 Å². The van der Waals surface area contributed by atoms with E-state index < -0.39 is 0 Å². The van der Waals surface area contributed by atoms with E-state index in [0.717, 1.165) is 48.6 Å². The van der Waals surface area contributed by atoms with Crippen LogP contribution in [0.5, 0.6) is 0 Å². The van der Waals surface area contributed by atoms with Gasteiger partial charge < -0.3 is 16.0 Å². The molecule has 2 amide bonds. The number of nitrogens with two attached hydrogens (primary N) is 1. The molecule has 164 valence electrons. The first-order valence-corrected chi connectivity index (χ1v) is 12.0. The lowest BCUT2D eigenvalue weighted by Gasteiger charge is -2.36. The molecule has 2 saturated carbocycles. The minimum Gasteiger partial charge on any atom is -0.335 e. The van der Waals surface area contributed by atoms with Crippen molar-refractivity contribution in [3.63, 3.8) is 0 Å². The molecule has 3 N–H and O–H groups in total. The van der Waals surface area contributed by atoms with E-state index in [1.165, 1.54) is 0 Å². The van der Waals surface area contributed by atoms with Gasteiger partial charge in [0.1, 0.15) is 0 Å². The van der Waals surface area contributed by atoms with Gasteiger partial charge in [0.05, 0.1) is 5.56 Å². The smallest absolute Gasteiger partial charge is 0.256 e. The Morgan fingerprint density at radius 2 is 1.77 bits per heavy atom. The fraction of sp³-hybridized carbons (Fsp3) is 0.417. The van der Waals surface area contributed by atoms with Crippen LogP contribution in [0.15, 0.2) is 46.9 Å². The molecular formula is C24H27BrClN3O2. The normalized spacial score (nSPS) is 20.9. The maximum Gasteiger partial charge on any atom is 0.256 e. The van der Waals surface area contributed by atoms with Crippen molar-refractivity contribution in [1.82, 2.24) is 4.90 Å². The van der Waals surface area contributed by atoms with Crippen LogP contribution < -0.4 is 11.1 Å². The number of nitrogens with one attached hydrogen (secondary N) is 1. The molecule has 0 spiro atoms. The number of carbonyl (C=O) groups is 2. The van der Waals surface area contributed by atoms with Crippen LogP contribution in [0.2, 0.25) is 5.02 Å². The van der Waals surface area contributed by atoms with Gasteiger partial charge in [0.15, 0.2) is 0 Å². The lowest BCUT2D eigenvalue weighted by molar-refractivity contribution is -0.136. The summed E-state index contributed by atoms with van der Waals surface area (Å²) in [6.45, 7) is 0.451. The molecule has 5 nitrogen and oxygen atoms in total. The van der Waals surface area contributed by atoms with E-state index >= 15 is 0 Å². The first-order chi connectivity index (χ1) is 14.9. The fourth-order valence-electron chi connectivity index (χ4n) is 4.17. The van der Waals surface area contributed by atoms with Gasteiger partial charge in [0.2, 0.25) is 5.91 Å². The third-order valence-electron chi connectivity index (χ3n) is 6.15. The number of benzene rings is 2. The first-order valence-electron chi connectivity index (χ1n) is 10.8. The van der Waals surface area contributed by atoms with Crippen molar-refractivity contribution in [3.05, 3.63) is 63.1 Å². The van der Waals surface area contributed by atoms with Gasteiger partial charge in [0.25, 0.3) is 5.91 Å². The van der Waals surface area contributed by atoms with Gasteiger partial charge in [-0.1, -0.05) is 23.7 Å². The second kappa shape index (κ2) is 9.72. The van der Waals surface area contributed by atoms with E-state index in [4.69, 9.17) is 17.3 Å². The number of hydrogen-bond donors (Lipinski definition) is 2. The van der Waals surface area contributed by atoms with Crippen LogP contribution in [0.25, 0.3) is 0 Å². The molecule has 0 atom stereocenters. The van der Waals surface area contributed by atoms with Gasteiger partial charge in [-0.25, -0.2) is 0 Å². The molecule has 2 aliphatic carbocycles. The standard InChI is InChI=1S/C24H27BrClN3O2/c25-21-4-2-1-3-20(21)23(30)28-18-9-12-22(26)16(13-18)14-29(24(31)15-5-6-15)19-10-7-17(27)8-11-19/h1-4,9,12-13,15,17,19H,5-8,10-11,14,27H2,(H,28,30). The molecule has 7 heteroatoms. The highest BCUT2D eigenvalue weighted by molar-refractivity contribution is 9.10. The van der Waals surface area contributed by atoms with Crippen LogP contribution >= 0.6 is 27.5 Å². The molecule has 2 aliphatic rings. The Kier molecular flexibility index (Phi) is 6.99. The van der Waals surface area contributed by atoms with Crippen molar-refractivity contribution >= 4 is 45.0 Å². The predicted molar refractivity (Wildman–Crippen MR) is 127 cm³/mol. The van der Waals surface area contributed by atoms with Gasteiger partial charge >= 0.3 is 0 Å². The van der Waals surface area contributed by atoms with Crippen LogP contribution in [0, 0.1) is 5.92 Å². The molecule has 0 radical (unpaired) electrons. The molecule has 0 unspecified atom stereocenters. The minimum atomic E-state index is -0.201. The van der Waals surface area contributed by atoms with E-state index in [-0.39, 0.29) is 29.8 Å². The molecule has 0 bridgehead atoms.